The lowest BCUT2D eigenvalue weighted by Gasteiger charge is -2.47. The second-order valence-corrected chi connectivity index (χ2v) is 14.0. The Labute approximate surface area is 257 Å². The first-order chi connectivity index (χ1) is 21.3. The minimum atomic E-state index is -4.97. The van der Waals surface area contributed by atoms with Crippen molar-refractivity contribution in [2.24, 2.45) is 0 Å². The Morgan fingerprint density at radius 1 is 0.756 bits per heavy atom. The van der Waals surface area contributed by atoms with Crippen molar-refractivity contribution in [3.8, 4) is 17.2 Å². The average Bonchev–Trinajstić information content (AvgIpc) is 3.01. The molecule has 0 spiro atoms. The summed E-state index contributed by atoms with van der Waals surface area (Å²) in [6.07, 6.45) is -6.43. The van der Waals surface area contributed by atoms with Gasteiger partial charge in [0.15, 0.2) is 11.5 Å². The van der Waals surface area contributed by atoms with Gasteiger partial charge in [0.05, 0.1) is 39.4 Å². The summed E-state index contributed by atoms with van der Waals surface area (Å²) >= 11 is 0. The van der Waals surface area contributed by atoms with Gasteiger partial charge < -0.3 is 19.5 Å². The minimum absolute atomic E-state index is 0.0234. The van der Waals surface area contributed by atoms with Crippen molar-refractivity contribution < 1.29 is 44.6 Å². The average molecular weight is 662 g/mol. The highest BCUT2D eigenvalue weighted by molar-refractivity contribution is 7.89. The van der Waals surface area contributed by atoms with Crippen LogP contribution >= 0.6 is 0 Å². The van der Waals surface area contributed by atoms with Gasteiger partial charge in [0.2, 0.25) is 20.0 Å². The third kappa shape index (κ3) is 6.21. The van der Waals surface area contributed by atoms with E-state index in [1.165, 1.54) is 12.1 Å². The molecule has 0 radical (unpaired) electrons. The predicted molar refractivity (Wildman–Crippen MR) is 157 cm³/mol. The standard InChI is InChI=1S/C30H26F3N3O7S2/c31-30(32,33)43-20-14-16-21(17-15-20)44(38,39)34-23-18-35(45(40,41)22-8-2-1-3-9-22)19-26(29(23)37)36-24-10-4-6-12-27(24)42-28-13-7-5-11-25(28)36/h1-17,23,26,29,34,37H,18-19H2/t23-,26+,29+/m1/s1. The normalized spacial score (nSPS) is 20.5. The third-order valence-corrected chi connectivity index (χ3v) is 10.8. The Morgan fingerprint density at radius 3 is 1.89 bits per heavy atom. The van der Waals surface area contributed by atoms with Crippen LogP contribution in [0.5, 0.6) is 17.2 Å². The monoisotopic (exact) mass is 661 g/mol. The van der Waals surface area contributed by atoms with Gasteiger partial charge in [-0.25, -0.2) is 21.6 Å². The van der Waals surface area contributed by atoms with Crippen LogP contribution in [0.15, 0.2) is 113 Å². The molecule has 4 aromatic carbocycles. The number of anilines is 2. The number of ether oxygens (including phenoxy) is 2. The van der Waals surface area contributed by atoms with Gasteiger partial charge >= 0.3 is 6.36 Å². The Kier molecular flexibility index (Phi) is 7.99. The first kappa shape index (κ1) is 30.9. The summed E-state index contributed by atoms with van der Waals surface area (Å²) in [5.74, 6) is 0.276. The number of benzene rings is 4. The molecule has 10 nitrogen and oxygen atoms in total. The van der Waals surface area contributed by atoms with E-state index in [1.807, 2.05) is 0 Å². The highest BCUT2D eigenvalue weighted by Crippen LogP contribution is 2.48. The number of rotatable bonds is 7. The Balaban J connectivity index is 1.39. The first-order valence-corrected chi connectivity index (χ1v) is 16.5. The predicted octanol–water partition coefficient (Wildman–Crippen LogP) is 4.61. The molecule has 0 amide bonds. The Morgan fingerprint density at radius 2 is 1.31 bits per heavy atom. The number of para-hydroxylation sites is 4. The molecule has 0 unspecified atom stereocenters. The lowest BCUT2D eigenvalue weighted by Crippen LogP contribution is -2.65. The molecule has 0 aliphatic carbocycles. The lowest BCUT2D eigenvalue weighted by atomic mass is 9.96. The van der Waals surface area contributed by atoms with E-state index in [4.69, 9.17) is 4.74 Å². The molecule has 2 N–H and O–H groups in total. The summed E-state index contributed by atoms with van der Waals surface area (Å²) < 4.78 is 106. The summed E-state index contributed by atoms with van der Waals surface area (Å²) in [6, 6.07) is 22.7. The van der Waals surface area contributed by atoms with E-state index in [-0.39, 0.29) is 11.4 Å². The quantitative estimate of drug-likeness (QED) is 0.294. The van der Waals surface area contributed by atoms with Crippen molar-refractivity contribution in [2.45, 2.75) is 34.3 Å². The zero-order valence-corrected chi connectivity index (χ0v) is 24.8. The van der Waals surface area contributed by atoms with Crippen molar-refractivity contribution in [1.82, 2.24) is 9.03 Å². The second-order valence-electron chi connectivity index (χ2n) is 10.3. The van der Waals surface area contributed by atoms with Crippen LogP contribution in [-0.2, 0) is 20.0 Å². The Bertz CT molecular complexity index is 1860. The number of piperidine rings is 1. The molecular weight excluding hydrogens is 635 g/mol. The van der Waals surface area contributed by atoms with Gasteiger partial charge in [-0.05, 0) is 60.7 Å². The van der Waals surface area contributed by atoms with E-state index in [0.717, 1.165) is 28.6 Å². The van der Waals surface area contributed by atoms with Crippen molar-refractivity contribution in [1.29, 1.82) is 0 Å². The van der Waals surface area contributed by atoms with E-state index < -0.39 is 61.8 Å². The number of hydrogen-bond donors (Lipinski definition) is 2. The largest absolute Gasteiger partial charge is 0.573 e. The van der Waals surface area contributed by atoms with Crippen LogP contribution in [0.25, 0.3) is 0 Å². The van der Waals surface area contributed by atoms with E-state index in [0.29, 0.717) is 22.9 Å². The molecule has 15 heteroatoms. The molecule has 4 aromatic rings. The second kappa shape index (κ2) is 11.7. The fraction of sp³-hybridized carbons (Fsp3) is 0.200. The first-order valence-electron chi connectivity index (χ1n) is 13.6. The molecule has 0 bridgehead atoms. The lowest BCUT2D eigenvalue weighted by molar-refractivity contribution is -0.274. The van der Waals surface area contributed by atoms with Gasteiger partial charge in [0.1, 0.15) is 5.75 Å². The van der Waals surface area contributed by atoms with Crippen molar-refractivity contribution in [2.75, 3.05) is 18.0 Å². The molecule has 0 aromatic heterocycles. The minimum Gasteiger partial charge on any atom is -0.453 e. The molecule has 1 saturated heterocycles. The van der Waals surface area contributed by atoms with Crippen molar-refractivity contribution in [3.05, 3.63) is 103 Å². The molecule has 2 heterocycles. The van der Waals surface area contributed by atoms with E-state index in [9.17, 15) is 35.1 Å². The molecule has 2 aliphatic heterocycles. The summed E-state index contributed by atoms with van der Waals surface area (Å²) in [6.45, 7) is -0.653. The number of aliphatic hydroxyl groups excluding tert-OH is 1. The fourth-order valence-corrected chi connectivity index (χ4v) is 8.19. The van der Waals surface area contributed by atoms with E-state index in [1.54, 1.807) is 71.6 Å². The van der Waals surface area contributed by atoms with Gasteiger partial charge in [-0.3, -0.25) is 0 Å². The molecule has 2 aliphatic rings. The van der Waals surface area contributed by atoms with Crippen LogP contribution in [0.4, 0.5) is 24.5 Å². The summed E-state index contributed by atoms with van der Waals surface area (Å²) in [5.41, 5.74) is 1.06. The zero-order chi connectivity index (χ0) is 32.0. The van der Waals surface area contributed by atoms with Gasteiger partial charge in [-0.15, -0.1) is 13.2 Å². The Hall–Kier alpha value is -4.15. The van der Waals surface area contributed by atoms with Crippen LogP contribution in [0.2, 0.25) is 0 Å². The summed E-state index contributed by atoms with van der Waals surface area (Å²) in [7, 11) is -8.66. The molecule has 1 fully saturated rings. The zero-order valence-electron chi connectivity index (χ0n) is 23.2. The maximum Gasteiger partial charge on any atom is 0.573 e. The number of nitrogens with zero attached hydrogens (tertiary/aromatic N) is 2. The van der Waals surface area contributed by atoms with Crippen molar-refractivity contribution in [3.63, 3.8) is 0 Å². The molecule has 3 atom stereocenters. The van der Waals surface area contributed by atoms with Gasteiger partial charge in [0, 0.05) is 13.1 Å². The maximum atomic E-state index is 13.9. The van der Waals surface area contributed by atoms with Crippen LogP contribution in [0.1, 0.15) is 0 Å². The topological polar surface area (TPSA) is 125 Å². The number of fused-ring (bicyclic) bond motifs is 2. The van der Waals surface area contributed by atoms with Gasteiger partial charge in [-0.1, -0.05) is 42.5 Å². The highest BCUT2D eigenvalue weighted by atomic mass is 32.2. The summed E-state index contributed by atoms with van der Waals surface area (Å²) in [5, 5.41) is 11.8. The third-order valence-electron chi connectivity index (χ3n) is 7.45. The number of sulfonamides is 2. The van der Waals surface area contributed by atoms with Crippen LogP contribution in [-0.4, -0.2) is 63.9 Å². The number of hydrogen-bond acceptors (Lipinski definition) is 8. The van der Waals surface area contributed by atoms with Crippen molar-refractivity contribution >= 4 is 31.4 Å². The van der Waals surface area contributed by atoms with Crippen LogP contribution in [0.3, 0.4) is 0 Å². The van der Waals surface area contributed by atoms with E-state index >= 15 is 0 Å². The number of alkyl halides is 3. The number of halogens is 3. The fourth-order valence-electron chi connectivity index (χ4n) is 5.44. The molecule has 0 saturated carbocycles. The molecule has 236 valence electrons. The summed E-state index contributed by atoms with van der Waals surface area (Å²) in [4.78, 5) is 1.30. The number of aliphatic hydroxyl groups is 1. The molecule has 6 rings (SSSR count). The van der Waals surface area contributed by atoms with Gasteiger partial charge in [-0.2, -0.15) is 4.31 Å². The number of nitrogens with one attached hydrogen (secondary N) is 1. The smallest absolute Gasteiger partial charge is 0.453 e. The van der Waals surface area contributed by atoms with Gasteiger partial charge in [0.25, 0.3) is 0 Å². The van der Waals surface area contributed by atoms with Crippen LogP contribution < -0.4 is 19.1 Å². The maximum absolute atomic E-state index is 13.9. The highest BCUT2D eigenvalue weighted by Gasteiger charge is 2.46. The molecular formula is C30H26F3N3O7S2. The molecule has 45 heavy (non-hydrogen) atoms. The van der Waals surface area contributed by atoms with E-state index in [2.05, 4.69) is 9.46 Å². The van der Waals surface area contributed by atoms with Crippen LogP contribution in [0, 0.1) is 0 Å². The SMILES string of the molecule is O=S(=O)(N[C@@H]1CN(S(=O)(=O)c2ccccc2)C[C@H](N2c3ccccc3Oc3ccccc32)[C@H]1O)c1ccc(OC(F)(F)F)cc1.